The van der Waals surface area contributed by atoms with Crippen LogP contribution in [0.5, 0.6) is 0 Å². The molecule has 130 valence electrons. The fraction of sp³-hybridized carbons (Fsp3) is 0.611. The molecule has 1 aliphatic rings. The Hall–Kier alpha value is -1.10. The van der Waals surface area contributed by atoms with E-state index in [1.807, 2.05) is 11.8 Å². The van der Waals surface area contributed by atoms with Gasteiger partial charge in [0.1, 0.15) is 0 Å². The van der Waals surface area contributed by atoms with Crippen LogP contribution in [0.3, 0.4) is 0 Å². The number of rotatable bonds is 7. The highest BCUT2D eigenvalue weighted by molar-refractivity contribution is 5.85. The Labute approximate surface area is 145 Å². The van der Waals surface area contributed by atoms with Crippen molar-refractivity contribution in [2.45, 2.75) is 39.2 Å². The molecule has 5 heteroatoms. The van der Waals surface area contributed by atoms with Gasteiger partial charge >= 0.3 is 0 Å². The summed E-state index contributed by atoms with van der Waals surface area (Å²) in [6.07, 6.45) is 3.20. The Morgan fingerprint density at radius 1 is 1.39 bits per heavy atom. The van der Waals surface area contributed by atoms with Crippen molar-refractivity contribution in [3.05, 3.63) is 35.4 Å². The lowest BCUT2D eigenvalue weighted by Gasteiger charge is -2.28. The Morgan fingerprint density at radius 2 is 2.09 bits per heavy atom. The van der Waals surface area contributed by atoms with Gasteiger partial charge in [0, 0.05) is 32.2 Å². The van der Waals surface area contributed by atoms with E-state index in [4.69, 9.17) is 10.5 Å². The van der Waals surface area contributed by atoms with Crippen molar-refractivity contribution in [3.63, 3.8) is 0 Å². The average Bonchev–Trinajstić information content (AvgIpc) is 3.04. The summed E-state index contributed by atoms with van der Waals surface area (Å²) in [5, 5.41) is 0. The van der Waals surface area contributed by atoms with Crippen LogP contribution in [0.25, 0.3) is 0 Å². The molecule has 0 saturated carbocycles. The third-order valence-electron chi connectivity index (χ3n) is 4.33. The van der Waals surface area contributed by atoms with Crippen molar-refractivity contribution < 1.29 is 9.53 Å². The first-order chi connectivity index (χ1) is 10.6. The Kier molecular flexibility index (Phi) is 8.59. The molecule has 1 aliphatic heterocycles. The van der Waals surface area contributed by atoms with Crippen LogP contribution >= 0.6 is 12.4 Å². The maximum Gasteiger partial charge on any atom is 0.226 e. The largest absolute Gasteiger partial charge is 0.376 e. The number of carbonyl (C=O) groups is 1. The van der Waals surface area contributed by atoms with Crippen LogP contribution in [0.4, 0.5) is 0 Å². The van der Waals surface area contributed by atoms with Gasteiger partial charge in [0.25, 0.3) is 0 Å². The van der Waals surface area contributed by atoms with E-state index in [0.717, 1.165) is 32.4 Å². The summed E-state index contributed by atoms with van der Waals surface area (Å²) in [4.78, 5) is 14.5. The normalized spacial score (nSPS) is 18.3. The highest BCUT2D eigenvalue weighted by Gasteiger charge is 2.24. The van der Waals surface area contributed by atoms with Crippen molar-refractivity contribution >= 4 is 18.3 Å². The number of aryl methyl sites for hydroxylation is 1. The minimum Gasteiger partial charge on any atom is -0.376 e. The van der Waals surface area contributed by atoms with Crippen LogP contribution in [0.1, 0.15) is 30.9 Å². The summed E-state index contributed by atoms with van der Waals surface area (Å²) in [6, 6.07) is 8.50. The smallest absolute Gasteiger partial charge is 0.226 e. The van der Waals surface area contributed by atoms with Gasteiger partial charge in [0.2, 0.25) is 5.91 Å². The second-order valence-corrected chi connectivity index (χ2v) is 6.29. The molecule has 1 fully saturated rings. The molecule has 0 spiro atoms. The molecule has 4 nitrogen and oxygen atoms in total. The zero-order valence-electron chi connectivity index (χ0n) is 14.2. The Morgan fingerprint density at radius 3 is 2.65 bits per heavy atom. The van der Waals surface area contributed by atoms with E-state index in [-0.39, 0.29) is 30.3 Å². The third kappa shape index (κ3) is 6.13. The Balaban J connectivity index is 0.00000264. The predicted octanol–water partition coefficient (Wildman–Crippen LogP) is 2.56. The molecule has 0 aromatic heterocycles. The standard InChI is InChI=1S/C18H28N2O2.ClH/c1-14-5-7-16(8-6-14)9-10-20(18(21)15(2)12-19)13-17-4-3-11-22-17;/h5-8,15,17H,3-4,9-13,19H2,1-2H3;1H. The van der Waals surface area contributed by atoms with Gasteiger partial charge in [0.15, 0.2) is 0 Å². The number of hydrogen-bond donors (Lipinski definition) is 1. The van der Waals surface area contributed by atoms with Crippen LogP contribution < -0.4 is 5.73 Å². The molecule has 2 rings (SSSR count). The second-order valence-electron chi connectivity index (χ2n) is 6.29. The number of nitrogens with two attached hydrogens (primary N) is 1. The van der Waals surface area contributed by atoms with Crippen LogP contribution in [-0.2, 0) is 16.0 Å². The molecule has 2 atom stereocenters. The molecule has 2 unspecified atom stereocenters. The lowest BCUT2D eigenvalue weighted by Crippen LogP contribution is -2.43. The SMILES string of the molecule is Cc1ccc(CCN(CC2CCCO2)C(=O)C(C)CN)cc1.Cl. The minimum atomic E-state index is -0.126. The quantitative estimate of drug-likeness (QED) is 0.830. The minimum absolute atomic E-state index is 0. The number of amides is 1. The molecule has 23 heavy (non-hydrogen) atoms. The maximum atomic E-state index is 12.5. The molecule has 0 bridgehead atoms. The summed E-state index contributed by atoms with van der Waals surface area (Å²) >= 11 is 0. The lowest BCUT2D eigenvalue weighted by molar-refractivity contribution is -0.136. The van der Waals surface area contributed by atoms with Gasteiger partial charge < -0.3 is 15.4 Å². The van der Waals surface area contributed by atoms with E-state index in [2.05, 4.69) is 31.2 Å². The van der Waals surface area contributed by atoms with Gasteiger partial charge in [-0.15, -0.1) is 12.4 Å². The van der Waals surface area contributed by atoms with Crippen molar-refractivity contribution in [3.8, 4) is 0 Å². The first kappa shape index (κ1) is 19.9. The second kappa shape index (κ2) is 9.91. The monoisotopic (exact) mass is 340 g/mol. The molecule has 1 aromatic rings. The fourth-order valence-corrected chi connectivity index (χ4v) is 2.76. The predicted molar refractivity (Wildman–Crippen MR) is 95.9 cm³/mol. The van der Waals surface area contributed by atoms with E-state index < -0.39 is 0 Å². The summed E-state index contributed by atoms with van der Waals surface area (Å²) in [7, 11) is 0. The molecular formula is C18H29ClN2O2. The van der Waals surface area contributed by atoms with Crippen LogP contribution in [0, 0.1) is 12.8 Å². The summed E-state index contributed by atoms with van der Waals surface area (Å²) in [6.45, 7) is 6.61. The van der Waals surface area contributed by atoms with Gasteiger partial charge in [-0.05, 0) is 31.7 Å². The maximum absolute atomic E-state index is 12.5. The first-order valence-corrected chi connectivity index (χ1v) is 8.26. The Bertz CT molecular complexity index is 472. The average molecular weight is 341 g/mol. The number of hydrogen-bond acceptors (Lipinski definition) is 3. The summed E-state index contributed by atoms with van der Waals surface area (Å²) < 4.78 is 5.69. The third-order valence-corrected chi connectivity index (χ3v) is 4.33. The zero-order chi connectivity index (χ0) is 15.9. The highest BCUT2D eigenvalue weighted by Crippen LogP contribution is 2.15. The molecule has 1 heterocycles. The van der Waals surface area contributed by atoms with E-state index in [1.165, 1.54) is 11.1 Å². The fourth-order valence-electron chi connectivity index (χ4n) is 2.76. The van der Waals surface area contributed by atoms with Crippen molar-refractivity contribution in [2.24, 2.45) is 11.7 Å². The van der Waals surface area contributed by atoms with E-state index in [0.29, 0.717) is 13.1 Å². The van der Waals surface area contributed by atoms with Gasteiger partial charge in [-0.2, -0.15) is 0 Å². The van der Waals surface area contributed by atoms with Gasteiger partial charge in [-0.25, -0.2) is 0 Å². The van der Waals surface area contributed by atoms with Gasteiger partial charge in [-0.1, -0.05) is 36.8 Å². The van der Waals surface area contributed by atoms with Crippen LogP contribution in [0.15, 0.2) is 24.3 Å². The molecule has 2 N–H and O–H groups in total. The van der Waals surface area contributed by atoms with Crippen LogP contribution in [-0.4, -0.2) is 43.2 Å². The van der Waals surface area contributed by atoms with Gasteiger partial charge in [-0.3, -0.25) is 4.79 Å². The summed E-state index contributed by atoms with van der Waals surface area (Å²) in [5.41, 5.74) is 8.18. The highest BCUT2D eigenvalue weighted by atomic mass is 35.5. The van der Waals surface area contributed by atoms with Gasteiger partial charge in [0.05, 0.1) is 6.10 Å². The molecule has 1 saturated heterocycles. The first-order valence-electron chi connectivity index (χ1n) is 8.26. The van der Waals surface area contributed by atoms with Crippen molar-refractivity contribution in [1.29, 1.82) is 0 Å². The molecule has 0 radical (unpaired) electrons. The number of benzene rings is 1. The van der Waals surface area contributed by atoms with E-state index >= 15 is 0 Å². The number of ether oxygens (including phenoxy) is 1. The topological polar surface area (TPSA) is 55.6 Å². The van der Waals surface area contributed by atoms with Crippen LogP contribution in [0.2, 0.25) is 0 Å². The molecule has 1 amide bonds. The van der Waals surface area contributed by atoms with Crippen molar-refractivity contribution in [1.82, 2.24) is 4.90 Å². The molecule has 0 aliphatic carbocycles. The van der Waals surface area contributed by atoms with E-state index in [1.54, 1.807) is 0 Å². The molecular weight excluding hydrogens is 312 g/mol. The summed E-state index contributed by atoms with van der Waals surface area (Å²) in [5.74, 6) is 0.0181. The zero-order valence-corrected chi connectivity index (χ0v) is 15.0. The van der Waals surface area contributed by atoms with Crippen molar-refractivity contribution in [2.75, 3.05) is 26.2 Å². The molecule has 1 aromatic carbocycles. The van der Waals surface area contributed by atoms with E-state index in [9.17, 15) is 4.79 Å². The number of halogens is 1. The number of nitrogens with zero attached hydrogens (tertiary/aromatic N) is 1. The number of carbonyl (C=O) groups excluding carboxylic acids is 1. The lowest BCUT2D eigenvalue weighted by atomic mass is 10.1.